The van der Waals surface area contributed by atoms with Gasteiger partial charge in [-0.1, -0.05) is 23.7 Å². The number of likely N-dealkylation sites (tertiary alicyclic amines) is 1. The number of hydrogen-bond donors (Lipinski definition) is 1. The summed E-state index contributed by atoms with van der Waals surface area (Å²) < 4.78 is 16.6. The number of aliphatic hydroxyl groups excluding tert-OH is 1. The topological polar surface area (TPSA) is 51.2 Å². The summed E-state index contributed by atoms with van der Waals surface area (Å²) in [6, 6.07) is 11.7. The molecule has 1 atom stereocenters. The number of nitrogens with zero attached hydrogens (tertiary/aromatic N) is 1. The van der Waals surface area contributed by atoms with E-state index in [0.29, 0.717) is 12.3 Å². The number of halogens is 1. The number of ether oxygens (including phenoxy) is 3. The largest absolute Gasteiger partial charge is 0.496 e. The maximum absolute atomic E-state index is 10.3. The predicted molar refractivity (Wildman–Crippen MR) is 115 cm³/mol. The Hall–Kier alpha value is -1.95. The standard InChI is InChI=1S/C23H30ClNO4/c1-27-19-11-21(28-2)20(22(12-19)29-3)14-25-9-5-8-23(15-25,16-26)13-17-6-4-7-18(24)10-17/h4,6-7,10-12,26H,5,8-9,13-16H2,1-3H3/t23-/m1/s1. The van der Waals surface area contributed by atoms with Crippen molar-refractivity contribution in [2.45, 2.75) is 25.8 Å². The number of piperidine rings is 1. The van der Waals surface area contributed by atoms with E-state index in [2.05, 4.69) is 11.0 Å². The van der Waals surface area contributed by atoms with Gasteiger partial charge in [-0.2, -0.15) is 0 Å². The lowest BCUT2D eigenvalue weighted by atomic mass is 9.75. The van der Waals surface area contributed by atoms with Crippen LogP contribution in [0.5, 0.6) is 17.2 Å². The minimum atomic E-state index is -0.185. The smallest absolute Gasteiger partial charge is 0.130 e. The molecule has 2 aromatic carbocycles. The van der Waals surface area contributed by atoms with Crippen molar-refractivity contribution in [1.29, 1.82) is 0 Å². The first kappa shape index (κ1) is 21.8. The summed E-state index contributed by atoms with van der Waals surface area (Å²) in [5.74, 6) is 2.19. The van der Waals surface area contributed by atoms with Crippen molar-refractivity contribution in [1.82, 2.24) is 4.90 Å². The Morgan fingerprint density at radius 2 is 1.79 bits per heavy atom. The van der Waals surface area contributed by atoms with Crippen molar-refractivity contribution >= 4 is 11.6 Å². The van der Waals surface area contributed by atoms with E-state index in [0.717, 1.165) is 60.0 Å². The van der Waals surface area contributed by atoms with E-state index in [1.807, 2.05) is 30.3 Å². The second kappa shape index (κ2) is 9.70. The van der Waals surface area contributed by atoms with E-state index in [4.69, 9.17) is 25.8 Å². The molecule has 1 aliphatic heterocycles. The normalized spacial score (nSPS) is 19.8. The summed E-state index contributed by atoms with van der Waals surface area (Å²) in [7, 11) is 4.94. The molecule has 0 unspecified atom stereocenters. The Morgan fingerprint density at radius 3 is 2.38 bits per heavy atom. The second-order valence-electron chi connectivity index (χ2n) is 7.79. The molecule has 1 N–H and O–H groups in total. The number of rotatable bonds is 8. The van der Waals surface area contributed by atoms with E-state index in [-0.39, 0.29) is 12.0 Å². The lowest BCUT2D eigenvalue weighted by Gasteiger charge is -2.42. The van der Waals surface area contributed by atoms with Gasteiger partial charge in [0, 0.05) is 35.7 Å². The third-order valence-electron chi connectivity index (χ3n) is 5.74. The summed E-state index contributed by atoms with van der Waals surface area (Å²) in [4.78, 5) is 2.37. The van der Waals surface area contributed by atoms with Gasteiger partial charge in [0.05, 0.1) is 33.5 Å². The van der Waals surface area contributed by atoms with E-state index >= 15 is 0 Å². The van der Waals surface area contributed by atoms with Gasteiger partial charge in [-0.05, 0) is 43.5 Å². The van der Waals surface area contributed by atoms with Gasteiger partial charge in [-0.25, -0.2) is 0 Å². The van der Waals surface area contributed by atoms with Gasteiger partial charge in [0.2, 0.25) is 0 Å². The highest BCUT2D eigenvalue weighted by Crippen LogP contribution is 2.38. The van der Waals surface area contributed by atoms with Crippen LogP contribution in [0.1, 0.15) is 24.0 Å². The highest BCUT2D eigenvalue weighted by molar-refractivity contribution is 6.30. The first-order valence-electron chi connectivity index (χ1n) is 9.89. The average molecular weight is 420 g/mol. The highest BCUT2D eigenvalue weighted by atomic mass is 35.5. The molecule has 1 saturated heterocycles. The molecule has 1 heterocycles. The van der Waals surface area contributed by atoms with Crippen LogP contribution in [0.25, 0.3) is 0 Å². The van der Waals surface area contributed by atoms with Crippen LogP contribution < -0.4 is 14.2 Å². The molecule has 1 fully saturated rings. The van der Waals surface area contributed by atoms with E-state index < -0.39 is 0 Å². The first-order valence-corrected chi connectivity index (χ1v) is 10.3. The van der Waals surface area contributed by atoms with Crippen LogP contribution in [0.15, 0.2) is 36.4 Å². The van der Waals surface area contributed by atoms with E-state index in [9.17, 15) is 5.11 Å². The molecule has 0 aromatic heterocycles. The van der Waals surface area contributed by atoms with Gasteiger partial charge >= 0.3 is 0 Å². The molecule has 0 bridgehead atoms. The van der Waals surface area contributed by atoms with Gasteiger partial charge in [0.25, 0.3) is 0 Å². The van der Waals surface area contributed by atoms with Crippen LogP contribution in [0.3, 0.4) is 0 Å². The predicted octanol–water partition coefficient (Wildman–Crippen LogP) is 4.18. The monoisotopic (exact) mass is 419 g/mol. The zero-order valence-corrected chi connectivity index (χ0v) is 18.2. The Bertz CT molecular complexity index is 803. The molecule has 1 aliphatic rings. The van der Waals surface area contributed by atoms with Crippen LogP contribution >= 0.6 is 11.6 Å². The lowest BCUT2D eigenvalue weighted by Crippen LogP contribution is -2.46. The molecular formula is C23H30ClNO4. The molecule has 0 spiro atoms. The van der Waals surface area contributed by atoms with Crippen molar-refractivity contribution < 1.29 is 19.3 Å². The molecule has 0 radical (unpaired) electrons. The number of methoxy groups -OCH3 is 3. The van der Waals surface area contributed by atoms with Gasteiger partial charge in [-0.3, -0.25) is 4.90 Å². The third-order valence-corrected chi connectivity index (χ3v) is 5.98. The van der Waals surface area contributed by atoms with Gasteiger partial charge in [-0.15, -0.1) is 0 Å². The van der Waals surface area contributed by atoms with Crippen molar-refractivity contribution in [2.24, 2.45) is 5.41 Å². The van der Waals surface area contributed by atoms with Crippen LogP contribution in [-0.2, 0) is 13.0 Å². The maximum atomic E-state index is 10.3. The molecule has 2 aromatic rings. The number of benzene rings is 2. The molecular weight excluding hydrogens is 390 g/mol. The Kier molecular flexibility index (Phi) is 7.28. The molecule has 158 valence electrons. The summed E-state index contributed by atoms with van der Waals surface area (Å²) in [6.07, 6.45) is 2.82. The summed E-state index contributed by atoms with van der Waals surface area (Å²) in [5.41, 5.74) is 1.97. The molecule has 0 saturated carbocycles. The molecule has 5 nitrogen and oxygen atoms in total. The van der Waals surface area contributed by atoms with Crippen molar-refractivity contribution in [3.8, 4) is 17.2 Å². The molecule has 0 amide bonds. The van der Waals surface area contributed by atoms with E-state index in [1.165, 1.54) is 0 Å². The quantitative estimate of drug-likeness (QED) is 0.695. The van der Waals surface area contributed by atoms with E-state index in [1.54, 1.807) is 21.3 Å². The van der Waals surface area contributed by atoms with Crippen LogP contribution in [0.2, 0.25) is 5.02 Å². The minimum absolute atomic E-state index is 0.146. The fraction of sp³-hybridized carbons (Fsp3) is 0.478. The first-order chi connectivity index (χ1) is 14.0. The fourth-order valence-electron chi connectivity index (χ4n) is 4.31. The van der Waals surface area contributed by atoms with Gasteiger partial charge in [0.15, 0.2) is 0 Å². The minimum Gasteiger partial charge on any atom is -0.496 e. The Balaban J connectivity index is 1.82. The van der Waals surface area contributed by atoms with Crippen LogP contribution in [0, 0.1) is 5.41 Å². The number of aliphatic hydroxyl groups is 1. The molecule has 6 heteroatoms. The SMILES string of the molecule is COc1cc(OC)c(CN2CCC[C@@](CO)(Cc3cccc(Cl)c3)C2)c(OC)c1. The summed E-state index contributed by atoms with van der Waals surface area (Å²) in [5, 5.41) is 11.0. The third kappa shape index (κ3) is 5.16. The van der Waals surface area contributed by atoms with Crippen molar-refractivity contribution in [3.63, 3.8) is 0 Å². The second-order valence-corrected chi connectivity index (χ2v) is 8.23. The Labute approximate surface area is 178 Å². The summed E-state index contributed by atoms with van der Waals surface area (Å²) in [6.45, 7) is 2.60. The Morgan fingerprint density at radius 1 is 1.07 bits per heavy atom. The lowest BCUT2D eigenvalue weighted by molar-refractivity contribution is 0.0283. The average Bonchev–Trinajstić information content (AvgIpc) is 2.74. The zero-order valence-electron chi connectivity index (χ0n) is 17.4. The fourth-order valence-corrected chi connectivity index (χ4v) is 4.52. The molecule has 0 aliphatic carbocycles. The van der Waals surface area contributed by atoms with Crippen molar-refractivity contribution in [3.05, 3.63) is 52.5 Å². The molecule has 29 heavy (non-hydrogen) atoms. The van der Waals surface area contributed by atoms with Crippen LogP contribution in [-0.4, -0.2) is 51.0 Å². The zero-order chi connectivity index (χ0) is 20.9. The summed E-state index contributed by atoms with van der Waals surface area (Å²) >= 11 is 6.17. The van der Waals surface area contributed by atoms with Gasteiger partial charge < -0.3 is 19.3 Å². The number of hydrogen-bond acceptors (Lipinski definition) is 5. The van der Waals surface area contributed by atoms with Crippen LogP contribution in [0.4, 0.5) is 0 Å². The maximum Gasteiger partial charge on any atom is 0.130 e. The van der Waals surface area contributed by atoms with Gasteiger partial charge in [0.1, 0.15) is 17.2 Å². The molecule has 3 rings (SSSR count). The van der Waals surface area contributed by atoms with Crippen molar-refractivity contribution in [2.75, 3.05) is 41.0 Å². The highest BCUT2D eigenvalue weighted by Gasteiger charge is 2.35.